The Morgan fingerprint density at radius 1 is 0.275 bits per heavy atom. The normalized spacial score (nSPS) is 14.0. The number of aliphatic hydroxyl groups is 1. The first kappa shape index (κ1) is 99.3. The lowest BCUT2D eigenvalue weighted by atomic mass is 10.0. The number of phosphoric ester groups is 2. The van der Waals surface area contributed by atoms with Crippen molar-refractivity contribution in [3.05, 3.63) is 36.5 Å². The monoisotopic (exact) mass is 1490 g/mol. The maximum absolute atomic E-state index is 13.1. The van der Waals surface area contributed by atoms with Crippen LogP contribution in [-0.4, -0.2) is 96.7 Å². The van der Waals surface area contributed by atoms with E-state index in [4.69, 9.17) is 37.0 Å². The van der Waals surface area contributed by atoms with Gasteiger partial charge in [-0.15, -0.1) is 0 Å². The molecule has 0 saturated carbocycles. The molecule has 0 aromatic rings. The molecule has 0 aliphatic heterocycles. The summed E-state index contributed by atoms with van der Waals surface area (Å²) in [6.45, 7) is 4.94. The summed E-state index contributed by atoms with van der Waals surface area (Å²) in [7, 11) is -9.94. The number of aliphatic hydroxyl groups excluding tert-OH is 1. The highest BCUT2D eigenvalue weighted by atomic mass is 31.2. The molecule has 0 spiro atoms. The first-order valence-corrected chi connectivity index (χ1v) is 45.2. The van der Waals surface area contributed by atoms with Gasteiger partial charge in [0.25, 0.3) is 0 Å². The van der Waals surface area contributed by atoms with Gasteiger partial charge in [-0.1, -0.05) is 340 Å². The molecule has 0 radical (unpaired) electrons. The Balaban J connectivity index is 5.31. The molecule has 0 saturated heterocycles. The number of allylic oxidation sites excluding steroid dienone is 6. The summed E-state index contributed by atoms with van der Waals surface area (Å²) in [6, 6.07) is 0. The molecule has 5 atom stereocenters. The third-order valence-electron chi connectivity index (χ3n) is 18.6. The van der Waals surface area contributed by atoms with Gasteiger partial charge in [0.2, 0.25) is 0 Å². The van der Waals surface area contributed by atoms with Crippen molar-refractivity contribution in [2.75, 3.05) is 39.6 Å². The van der Waals surface area contributed by atoms with Crippen LogP contribution in [0.4, 0.5) is 0 Å². The fraction of sp³-hybridized carbons (Fsp3) is 0.880. The molecular formula is C83H156O17P2. The number of hydrogen-bond acceptors (Lipinski definition) is 15. The van der Waals surface area contributed by atoms with Crippen molar-refractivity contribution in [3.8, 4) is 0 Å². The van der Waals surface area contributed by atoms with E-state index in [0.29, 0.717) is 25.7 Å². The average Bonchev–Trinajstić information content (AvgIpc) is 0.926. The van der Waals surface area contributed by atoms with Gasteiger partial charge in [-0.25, -0.2) is 9.13 Å². The van der Waals surface area contributed by atoms with Crippen molar-refractivity contribution in [2.45, 2.75) is 431 Å². The second-order valence-corrected chi connectivity index (χ2v) is 31.7. The zero-order valence-corrected chi connectivity index (χ0v) is 67.6. The molecule has 0 fully saturated rings. The molecule has 102 heavy (non-hydrogen) atoms. The van der Waals surface area contributed by atoms with Gasteiger partial charge in [0.15, 0.2) is 12.2 Å². The van der Waals surface area contributed by atoms with E-state index in [-0.39, 0.29) is 25.7 Å². The second kappa shape index (κ2) is 76.5. The van der Waals surface area contributed by atoms with Crippen LogP contribution in [0.1, 0.15) is 413 Å². The molecule has 0 heterocycles. The fourth-order valence-electron chi connectivity index (χ4n) is 12.1. The van der Waals surface area contributed by atoms with E-state index in [1.165, 1.54) is 205 Å². The van der Waals surface area contributed by atoms with Gasteiger partial charge in [-0.3, -0.25) is 37.3 Å². The van der Waals surface area contributed by atoms with Gasteiger partial charge in [-0.05, 0) is 83.5 Å². The average molecular weight is 1490 g/mol. The van der Waals surface area contributed by atoms with Gasteiger partial charge >= 0.3 is 39.5 Å². The van der Waals surface area contributed by atoms with Gasteiger partial charge in [0, 0.05) is 25.7 Å². The Kier molecular flexibility index (Phi) is 74.4. The maximum atomic E-state index is 13.1. The molecule has 17 nitrogen and oxygen atoms in total. The van der Waals surface area contributed by atoms with Crippen molar-refractivity contribution in [1.29, 1.82) is 0 Å². The lowest BCUT2D eigenvalue weighted by Gasteiger charge is -2.21. The molecule has 2 unspecified atom stereocenters. The molecule has 600 valence electrons. The Morgan fingerprint density at radius 3 is 0.755 bits per heavy atom. The fourth-order valence-corrected chi connectivity index (χ4v) is 13.7. The molecule has 3 N–H and O–H groups in total. The SMILES string of the molecule is CCCCC/C=C\C/C=C\CCCCCCCC(=O)OC[C@H](COP(=O)(O)OC[C@H](O)COP(=O)(O)OC[C@@H](COC(=O)CCCCCCCCCCCCCCCCCCC)OC(=O)CCCCCCCCCCCCCCCCC)OC(=O)CCCCCCC/C=C\CCCCCCCC. The molecular weight excluding hydrogens is 1330 g/mol. The van der Waals surface area contributed by atoms with Crippen LogP contribution in [0.3, 0.4) is 0 Å². The molecule has 0 bridgehead atoms. The van der Waals surface area contributed by atoms with Crippen LogP contribution in [0, 0.1) is 0 Å². The zero-order valence-electron chi connectivity index (χ0n) is 65.8. The number of carbonyl (C=O) groups is 4. The van der Waals surface area contributed by atoms with Crippen LogP contribution in [0.15, 0.2) is 36.5 Å². The Labute approximate surface area is 624 Å². The minimum absolute atomic E-state index is 0.0883. The first-order valence-electron chi connectivity index (χ1n) is 42.2. The second-order valence-electron chi connectivity index (χ2n) is 28.8. The highest BCUT2D eigenvalue weighted by Crippen LogP contribution is 2.45. The minimum Gasteiger partial charge on any atom is -0.462 e. The van der Waals surface area contributed by atoms with Crippen molar-refractivity contribution < 1.29 is 80.2 Å². The lowest BCUT2D eigenvalue weighted by Crippen LogP contribution is -2.30. The molecule has 19 heteroatoms. The van der Waals surface area contributed by atoms with Crippen LogP contribution in [0.25, 0.3) is 0 Å². The first-order chi connectivity index (χ1) is 49.7. The van der Waals surface area contributed by atoms with Crippen LogP contribution >= 0.6 is 15.6 Å². The van der Waals surface area contributed by atoms with E-state index in [1.807, 2.05) is 0 Å². The third kappa shape index (κ3) is 75.5. The maximum Gasteiger partial charge on any atom is 0.472 e. The number of rotatable bonds is 81. The highest BCUT2D eigenvalue weighted by molar-refractivity contribution is 7.47. The van der Waals surface area contributed by atoms with Crippen molar-refractivity contribution in [1.82, 2.24) is 0 Å². The number of hydrogen-bond donors (Lipinski definition) is 3. The summed E-state index contributed by atoms with van der Waals surface area (Å²) >= 11 is 0. The number of esters is 4. The van der Waals surface area contributed by atoms with E-state index in [1.54, 1.807) is 0 Å². The number of phosphoric acid groups is 2. The van der Waals surface area contributed by atoms with Crippen molar-refractivity contribution >= 4 is 39.5 Å². The van der Waals surface area contributed by atoms with Gasteiger partial charge in [0.05, 0.1) is 26.4 Å². The number of unbranched alkanes of at least 4 members (excludes halogenated alkanes) is 49. The molecule has 0 aliphatic carbocycles. The van der Waals surface area contributed by atoms with E-state index in [2.05, 4.69) is 64.2 Å². The predicted molar refractivity (Wildman–Crippen MR) is 418 cm³/mol. The van der Waals surface area contributed by atoms with E-state index >= 15 is 0 Å². The Hall–Kier alpha value is -2.72. The van der Waals surface area contributed by atoms with E-state index in [0.717, 1.165) is 128 Å². The summed E-state index contributed by atoms with van der Waals surface area (Å²) in [5.41, 5.74) is 0. The molecule has 0 aliphatic rings. The zero-order chi connectivity index (χ0) is 74.6. The Bertz CT molecular complexity index is 2070. The third-order valence-corrected chi connectivity index (χ3v) is 20.5. The smallest absolute Gasteiger partial charge is 0.462 e. The Morgan fingerprint density at radius 2 is 0.480 bits per heavy atom. The standard InChI is InChI=1S/C83H156O17P2/c1-5-9-13-17-21-25-29-33-37-38-42-44-48-52-56-60-64-68-81(86)94-74-79(100-83(88)70-66-62-58-54-50-46-41-36-32-28-24-20-16-12-8-4)76-98-102(91,92)96-72-77(84)71-95-101(89,90)97-75-78(99-82(87)69-65-61-57-53-49-45-40-35-31-27-23-19-15-11-7-3)73-93-80(85)67-63-59-55-51-47-43-39-34-30-26-22-18-14-10-6-2/h22,26,34-35,39-40,77-79,84H,5-21,23-25,27-33,36-38,41-76H2,1-4H3,(H,89,90)(H,91,92)/b26-22-,39-34-,40-35-/t77-,78+,79+/m0/s1. The molecule has 0 amide bonds. The summed E-state index contributed by atoms with van der Waals surface area (Å²) < 4.78 is 68.8. The van der Waals surface area contributed by atoms with Crippen LogP contribution < -0.4 is 0 Å². The lowest BCUT2D eigenvalue weighted by molar-refractivity contribution is -0.161. The topological polar surface area (TPSA) is 237 Å². The summed E-state index contributed by atoms with van der Waals surface area (Å²) in [6.07, 6.45) is 73.9. The molecule has 0 aromatic heterocycles. The quantitative estimate of drug-likeness (QED) is 0.0169. The summed E-state index contributed by atoms with van der Waals surface area (Å²) in [5, 5.41) is 10.7. The number of ether oxygens (including phenoxy) is 4. The van der Waals surface area contributed by atoms with Gasteiger partial charge in [0.1, 0.15) is 19.3 Å². The van der Waals surface area contributed by atoms with Crippen molar-refractivity contribution in [3.63, 3.8) is 0 Å². The molecule has 0 rings (SSSR count). The van der Waals surface area contributed by atoms with E-state index in [9.17, 15) is 43.2 Å². The minimum atomic E-state index is -4.97. The summed E-state index contributed by atoms with van der Waals surface area (Å²) in [4.78, 5) is 73.1. The number of carbonyl (C=O) groups excluding carboxylic acids is 4. The van der Waals surface area contributed by atoms with Crippen LogP contribution in [0.5, 0.6) is 0 Å². The van der Waals surface area contributed by atoms with Gasteiger partial charge < -0.3 is 33.8 Å². The van der Waals surface area contributed by atoms with Gasteiger partial charge in [-0.2, -0.15) is 0 Å². The van der Waals surface area contributed by atoms with Crippen molar-refractivity contribution in [2.24, 2.45) is 0 Å². The predicted octanol–water partition coefficient (Wildman–Crippen LogP) is 24.7. The molecule has 0 aromatic carbocycles. The summed E-state index contributed by atoms with van der Waals surface area (Å²) in [5.74, 6) is -2.15. The van der Waals surface area contributed by atoms with Crippen LogP contribution in [-0.2, 0) is 65.4 Å². The highest BCUT2D eigenvalue weighted by Gasteiger charge is 2.30. The van der Waals surface area contributed by atoms with E-state index < -0.39 is 97.5 Å². The largest absolute Gasteiger partial charge is 0.472 e. The van der Waals surface area contributed by atoms with Crippen LogP contribution in [0.2, 0.25) is 0 Å².